The molecule has 6 heteroatoms. The Morgan fingerprint density at radius 1 is 1.50 bits per heavy atom. The topological polar surface area (TPSA) is 82.8 Å². The molecule has 0 aromatic heterocycles. The summed E-state index contributed by atoms with van der Waals surface area (Å²) in [5, 5.41) is 3.21. The van der Waals surface area contributed by atoms with E-state index < -0.39 is 5.97 Å². The average molecular weight is 280 g/mol. The zero-order valence-corrected chi connectivity index (χ0v) is 11.8. The minimum atomic E-state index is -0.427. The van der Waals surface area contributed by atoms with Gasteiger partial charge in [-0.2, -0.15) is 0 Å². The predicted octanol–water partition coefficient (Wildman–Crippen LogP) is 1.65. The van der Waals surface area contributed by atoms with E-state index in [0.29, 0.717) is 29.2 Å². The molecule has 2 rings (SSSR count). The minimum Gasteiger partial charge on any atom is -0.494 e. The summed E-state index contributed by atoms with van der Waals surface area (Å²) in [6, 6.07) is 3.23. The van der Waals surface area contributed by atoms with E-state index in [2.05, 4.69) is 5.32 Å². The number of carbonyl (C=O) groups excluding carboxylic acids is 1. The summed E-state index contributed by atoms with van der Waals surface area (Å²) in [6.07, 6.45) is 2.29. The molecule has 20 heavy (non-hydrogen) atoms. The number of ether oxygens (including phenoxy) is 3. The smallest absolute Gasteiger partial charge is 0.338 e. The lowest BCUT2D eigenvalue weighted by Gasteiger charge is -2.16. The van der Waals surface area contributed by atoms with Crippen molar-refractivity contribution in [3.8, 4) is 5.75 Å². The SMILES string of the molecule is COC(=O)c1cc(NC[C@@H]2CCCO2)c(N)c(OC)c1. The lowest BCUT2D eigenvalue weighted by molar-refractivity contribution is 0.0600. The maximum Gasteiger partial charge on any atom is 0.338 e. The molecule has 110 valence electrons. The molecule has 0 bridgehead atoms. The van der Waals surface area contributed by atoms with Crippen LogP contribution in [-0.2, 0) is 9.47 Å². The normalized spacial score (nSPS) is 17.8. The van der Waals surface area contributed by atoms with Crippen molar-refractivity contribution < 1.29 is 19.0 Å². The van der Waals surface area contributed by atoms with Gasteiger partial charge in [-0.05, 0) is 25.0 Å². The zero-order chi connectivity index (χ0) is 14.5. The average Bonchev–Trinajstić information content (AvgIpc) is 2.98. The van der Waals surface area contributed by atoms with Crippen molar-refractivity contribution in [2.45, 2.75) is 18.9 Å². The summed E-state index contributed by atoms with van der Waals surface area (Å²) in [4.78, 5) is 11.6. The van der Waals surface area contributed by atoms with Gasteiger partial charge in [-0.3, -0.25) is 0 Å². The highest BCUT2D eigenvalue weighted by Gasteiger charge is 2.18. The van der Waals surface area contributed by atoms with Gasteiger partial charge in [0.05, 0.1) is 37.3 Å². The quantitative estimate of drug-likeness (QED) is 0.630. The molecule has 1 heterocycles. The Kier molecular flexibility index (Phi) is 4.68. The summed E-state index contributed by atoms with van der Waals surface area (Å²) >= 11 is 0. The standard InChI is InChI=1S/C14H20N2O4/c1-18-12-7-9(14(17)19-2)6-11(13(12)15)16-8-10-4-3-5-20-10/h6-7,10,16H,3-5,8,15H2,1-2H3/t10-/m0/s1. The highest BCUT2D eigenvalue weighted by atomic mass is 16.5. The van der Waals surface area contributed by atoms with Crippen molar-refractivity contribution in [1.82, 2.24) is 0 Å². The number of rotatable bonds is 5. The van der Waals surface area contributed by atoms with Gasteiger partial charge >= 0.3 is 5.97 Å². The van der Waals surface area contributed by atoms with Crippen LogP contribution in [0.5, 0.6) is 5.75 Å². The lowest BCUT2D eigenvalue weighted by atomic mass is 10.1. The number of nitrogens with one attached hydrogen (secondary N) is 1. The van der Waals surface area contributed by atoms with Gasteiger partial charge < -0.3 is 25.3 Å². The Balaban J connectivity index is 2.18. The van der Waals surface area contributed by atoms with Gasteiger partial charge in [0.1, 0.15) is 5.75 Å². The zero-order valence-electron chi connectivity index (χ0n) is 11.8. The third-order valence-corrected chi connectivity index (χ3v) is 3.33. The van der Waals surface area contributed by atoms with Gasteiger partial charge in [0, 0.05) is 13.2 Å². The predicted molar refractivity (Wildman–Crippen MR) is 76.2 cm³/mol. The molecular formula is C14H20N2O4. The lowest BCUT2D eigenvalue weighted by Crippen LogP contribution is -2.19. The first-order valence-corrected chi connectivity index (χ1v) is 6.57. The van der Waals surface area contributed by atoms with Crippen molar-refractivity contribution in [3.05, 3.63) is 17.7 Å². The van der Waals surface area contributed by atoms with Crippen LogP contribution < -0.4 is 15.8 Å². The first-order chi connectivity index (χ1) is 9.65. The first-order valence-electron chi connectivity index (χ1n) is 6.57. The third kappa shape index (κ3) is 3.14. The second-order valence-electron chi connectivity index (χ2n) is 4.65. The van der Waals surface area contributed by atoms with Crippen molar-refractivity contribution >= 4 is 17.3 Å². The summed E-state index contributed by atoms with van der Waals surface area (Å²) in [5.74, 6) is 0.0196. The molecule has 0 radical (unpaired) electrons. The van der Waals surface area contributed by atoms with Gasteiger partial charge in [-0.1, -0.05) is 0 Å². The van der Waals surface area contributed by atoms with Crippen LogP contribution in [-0.4, -0.2) is 39.4 Å². The highest BCUT2D eigenvalue weighted by molar-refractivity contribution is 5.93. The van der Waals surface area contributed by atoms with Crippen LogP contribution in [0.25, 0.3) is 0 Å². The van der Waals surface area contributed by atoms with Crippen LogP contribution >= 0.6 is 0 Å². The van der Waals surface area contributed by atoms with Crippen molar-refractivity contribution in [3.63, 3.8) is 0 Å². The molecule has 3 N–H and O–H groups in total. The molecule has 1 fully saturated rings. The molecule has 1 saturated heterocycles. The van der Waals surface area contributed by atoms with Crippen LogP contribution in [0.4, 0.5) is 11.4 Å². The Labute approximate surface area is 118 Å². The number of methoxy groups -OCH3 is 2. The van der Waals surface area contributed by atoms with Gasteiger partial charge in [-0.15, -0.1) is 0 Å². The third-order valence-electron chi connectivity index (χ3n) is 3.33. The molecular weight excluding hydrogens is 260 g/mol. The Morgan fingerprint density at radius 3 is 2.90 bits per heavy atom. The number of nitrogen functional groups attached to an aromatic ring is 1. The monoisotopic (exact) mass is 280 g/mol. The summed E-state index contributed by atoms with van der Waals surface area (Å²) < 4.78 is 15.5. The number of benzene rings is 1. The van der Waals surface area contributed by atoms with E-state index in [9.17, 15) is 4.79 Å². The van der Waals surface area contributed by atoms with E-state index in [0.717, 1.165) is 19.4 Å². The summed E-state index contributed by atoms with van der Waals surface area (Å²) in [6.45, 7) is 1.45. The number of nitrogens with two attached hydrogens (primary N) is 1. The molecule has 1 aromatic rings. The Hall–Kier alpha value is -1.95. The van der Waals surface area contributed by atoms with Crippen molar-refractivity contribution in [2.24, 2.45) is 0 Å². The van der Waals surface area contributed by atoms with E-state index in [1.807, 2.05) is 0 Å². The molecule has 1 aliphatic heterocycles. The number of esters is 1. The molecule has 1 aliphatic rings. The van der Waals surface area contributed by atoms with Crippen LogP contribution in [0.15, 0.2) is 12.1 Å². The molecule has 0 spiro atoms. The van der Waals surface area contributed by atoms with E-state index >= 15 is 0 Å². The molecule has 0 aliphatic carbocycles. The first kappa shape index (κ1) is 14.5. The molecule has 1 atom stereocenters. The second-order valence-corrected chi connectivity index (χ2v) is 4.65. The largest absolute Gasteiger partial charge is 0.494 e. The van der Waals surface area contributed by atoms with Crippen LogP contribution in [0, 0.1) is 0 Å². The Bertz CT molecular complexity index is 484. The van der Waals surface area contributed by atoms with Crippen LogP contribution in [0.1, 0.15) is 23.2 Å². The van der Waals surface area contributed by atoms with Gasteiger partial charge in [0.2, 0.25) is 0 Å². The minimum absolute atomic E-state index is 0.183. The maximum absolute atomic E-state index is 11.6. The fraction of sp³-hybridized carbons (Fsp3) is 0.500. The van der Waals surface area contributed by atoms with Crippen LogP contribution in [0.3, 0.4) is 0 Å². The van der Waals surface area contributed by atoms with Crippen molar-refractivity contribution in [1.29, 1.82) is 0 Å². The fourth-order valence-corrected chi connectivity index (χ4v) is 2.21. The molecule has 0 saturated carbocycles. The van der Waals surface area contributed by atoms with Crippen molar-refractivity contribution in [2.75, 3.05) is 38.4 Å². The number of hydrogen-bond acceptors (Lipinski definition) is 6. The molecule has 6 nitrogen and oxygen atoms in total. The van der Waals surface area contributed by atoms with Gasteiger partial charge in [-0.25, -0.2) is 4.79 Å². The van der Waals surface area contributed by atoms with E-state index in [4.69, 9.17) is 19.9 Å². The molecule has 0 amide bonds. The highest BCUT2D eigenvalue weighted by Crippen LogP contribution is 2.32. The summed E-state index contributed by atoms with van der Waals surface area (Å²) in [5.41, 5.74) is 7.53. The van der Waals surface area contributed by atoms with E-state index in [-0.39, 0.29) is 6.10 Å². The number of hydrogen-bond donors (Lipinski definition) is 2. The van der Waals surface area contributed by atoms with Gasteiger partial charge in [0.25, 0.3) is 0 Å². The van der Waals surface area contributed by atoms with E-state index in [1.165, 1.54) is 14.2 Å². The Morgan fingerprint density at radius 2 is 2.30 bits per heavy atom. The molecule has 0 unspecified atom stereocenters. The number of carbonyl (C=O) groups is 1. The summed E-state index contributed by atoms with van der Waals surface area (Å²) in [7, 11) is 2.85. The fourth-order valence-electron chi connectivity index (χ4n) is 2.21. The molecule has 1 aromatic carbocycles. The number of anilines is 2. The van der Waals surface area contributed by atoms with E-state index in [1.54, 1.807) is 12.1 Å². The maximum atomic E-state index is 11.6. The van der Waals surface area contributed by atoms with Crippen LogP contribution in [0.2, 0.25) is 0 Å². The second kappa shape index (κ2) is 6.47. The van der Waals surface area contributed by atoms with Gasteiger partial charge in [0.15, 0.2) is 0 Å².